The minimum absolute atomic E-state index is 0.00259. The highest BCUT2D eigenvalue weighted by Crippen LogP contribution is 2.41. The number of hydrogen-bond donors (Lipinski definition) is 2. The lowest BCUT2D eigenvalue weighted by atomic mass is 9.81. The molecule has 3 rings (SSSR count). The summed E-state index contributed by atoms with van der Waals surface area (Å²) < 4.78 is 0. The van der Waals surface area contributed by atoms with E-state index < -0.39 is 0 Å². The smallest absolute Gasteiger partial charge is 0.232 e. The van der Waals surface area contributed by atoms with E-state index in [2.05, 4.69) is 17.3 Å². The number of rotatable bonds is 1. The van der Waals surface area contributed by atoms with Gasteiger partial charge in [0.05, 0.1) is 5.92 Å². The summed E-state index contributed by atoms with van der Waals surface area (Å²) in [7, 11) is 2.14. The molecule has 0 bridgehead atoms. The summed E-state index contributed by atoms with van der Waals surface area (Å²) in [6.07, 6.45) is 2.17. The highest BCUT2D eigenvalue weighted by Gasteiger charge is 2.37. The van der Waals surface area contributed by atoms with E-state index in [1.54, 1.807) is 0 Å². The lowest BCUT2D eigenvalue weighted by Gasteiger charge is -2.31. The van der Waals surface area contributed by atoms with Crippen LogP contribution in [0.3, 0.4) is 0 Å². The summed E-state index contributed by atoms with van der Waals surface area (Å²) in [5.41, 5.74) is 8.62. The number of fused-ring (bicyclic) bond motifs is 1. The Morgan fingerprint density at radius 1 is 1.33 bits per heavy atom. The Bertz CT molecular complexity index is 478. The molecule has 1 saturated heterocycles. The van der Waals surface area contributed by atoms with Gasteiger partial charge in [-0.2, -0.15) is 0 Å². The molecule has 1 aromatic carbocycles. The van der Waals surface area contributed by atoms with Crippen molar-refractivity contribution in [2.75, 3.05) is 31.2 Å². The molecule has 0 aliphatic carbocycles. The molecule has 96 valence electrons. The largest absolute Gasteiger partial charge is 0.399 e. The molecule has 4 heteroatoms. The Kier molecular flexibility index (Phi) is 2.74. The van der Waals surface area contributed by atoms with Crippen molar-refractivity contribution in [3.05, 3.63) is 23.8 Å². The second-order valence-corrected chi connectivity index (χ2v) is 5.45. The molecular formula is C14H19N3O. The van der Waals surface area contributed by atoms with Gasteiger partial charge in [-0.05, 0) is 62.7 Å². The summed E-state index contributed by atoms with van der Waals surface area (Å²) in [6, 6.07) is 5.71. The van der Waals surface area contributed by atoms with E-state index in [1.165, 1.54) is 0 Å². The number of carbonyl (C=O) groups excluding carboxylic acids is 1. The number of nitrogens with zero attached hydrogens (tertiary/aromatic N) is 1. The van der Waals surface area contributed by atoms with Crippen LogP contribution in [0.15, 0.2) is 18.2 Å². The van der Waals surface area contributed by atoms with Crippen LogP contribution in [-0.4, -0.2) is 30.9 Å². The molecule has 0 unspecified atom stereocenters. The Hall–Kier alpha value is -1.55. The maximum absolute atomic E-state index is 12.2. The number of amides is 1. The first-order valence-electron chi connectivity index (χ1n) is 6.54. The molecule has 0 radical (unpaired) electrons. The number of carbonyl (C=O) groups is 1. The number of hydrogen-bond acceptors (Lipinski definition) is 3. The number of piperidine rings is 1. The van der Waals surface area contributed by atoms with Gasteiger partial charge < -0.3 is 16.0 Å². The molecule has 2 heterocycles. The van der Waals surface area contributed by atoms with Gasteiger partial charge in [-0.3, -0.25) is 4.79 Å². The number of nitrogens with two attached hydrogens (primary N) is 1. The minimum atomic E-state index is -0.00259. The van der Waals surface area contributed by atoms with Crippen molar-refractivity contribution < 1.29 is 4.79 Å². The topological polar surface area (TPSA) is 58.4 Å². The highest BCUT2D eigenvalue weighted by molar-refractivity contribution is 6.03. The van der Waals surface area contributed by atoms with Crippen molar-refractivity contribution in [1.82, 2.24) is 4.90 Å². The van der Waals surface area contributed by atoms with Crippen LogP contribution in [0.1, 0.15) is 24.3 Å². The van der Waals surface area contributed by atoms with Gasteiger partial charge >= 0.3 is 0 Å². The van der Waals surface area contributed by atoms with Crippen LogP contribution in [-0.2, 0) is 4.79 Å². The molecule has 0 spiro atoms. The lowest BCUT2D eigenvalue weighted by molar-refractivity contribution is -0.118. The molecule has 2 aliphatic heterocycles. The molecule has 1 fully saturated rings. The predicted octanol–water partition coefficient (Wildman–Crippen LogP) is 1.65. The first-order chi connectivity index (χ1) is 8.65. The summed E-state index contributed by atoms with van der Waals surface area (Å²) in [6.45, 7) is 2.15. The quantitative estimate of drug-likeness (QED) is 0.740. The maximum atomic E-state index is 12.2. The molecule has 18 heavy (non-hydrogen) atoms. The van der Waals surface area contributed by atoms with E-state index in [4.69, 9.17) is 5.73 Å². The molecule has 1 aromatic rings. The van der Waals surface area contributed by atoms with E-state index in [1.807, 2.05) is 18.2 Å². The van der Waals surface area contributed by atoms with Crippen LogP contribution >= 0.6 is 0 Å². The Morgan fingerprint density at radius 3 is 2.78 bits per heavy atom. The zero-order valence-corrected chi connectivity index (χ0v) is 10.6. The summed E-state index contributed by atoms with van der Waals surface area (Å²) >= 11 is 0. The molecule has 4 nitrogen and oxygen atoms in total. The third-order valence-corrected chi connectivity index (χ3v) is 4.19. The molecular weight excluding hydrogens is 226 g/mol. The fourth-order valence-electron chi connectivity index (χ4n) is 3.13. The van der Waals surface area contributed by atoms with Gasteiger partial charge in [0.1, 0.15) is 0 Å². The van der Waals surface area contributed by atoms with Gasteiger partial charge in [-0.15, -0.1) is 0 Å². The SMILES string of the molecule is CN1CCC([C@H]2C(=O)Nc3ccc(N)cc32)CC1. The molecule has 2 aliphatic rings. The summed E-state index contributed by atoms with van der Waals surface area (Å²) in [4.78, 5) is 14.5. The number of nitrogen functional groups attached to an aromatic ring is 1. The van der Waals surface area contributed by atoms with Crippen LogP contribution in [0.25, 0.3) is 0 Å². The number of benzene rings is 1. The minimum Gasteiger partial charge on any atom is -0.399 e. The van der Waals surface area contributed by atoms with Crippen molar-refractivity contribution in [2.45, 2.75) is 18.8 Å². The van der Waals surface area contributed by atoms with Gasteiger partial charge in [0.15, 0.2) is 0 Å². The van der Waals surface area contributed by atoms with E-state index >= 15 is 0 Å². The molecule has 0 saturated carbocycles. The van der Waals surface area contributed by atoms with E-state index in [9.17, 15) is 4.79 Å². The fraction of sp³-hybridized carbons (Fsp3) is 0.500. The number of likely N-dealkylation sites (tertiary alicyclic amines) is 1. The van der Waals surface area contributed by atoms with Crippen LogP contribution in [0.4, 0.5) is 11.4 Å². The van der Waals surface area contributed by atoms with Crippen LogP contribution in [0, 0.1) is 5.92 Å². The molecule has 0 aromatic heterocycles. The van der Waals surface area contributed by atoms with Crippen LogP contribution in [0.2, 0.25) is 0 Å². The fourth-order valence-corrected chi connectivity index (χ4v) is 3.13. The highest BCUT2D eigenvalue weighted by atomic mass is 16.2. The average molecular weight is 245 g/mol. The van der Waals surface area contributed by atoms with Crippen LogP contribution in [0.5, 0.6) is 0 Å². The van der Waals surface area contributed by atoms with Gasteiger partial charge in [0, 0.05) is 11.4 Å². The average Bonchev–Trinajstić information content (AvgIpc) is 2.66. The van der Waals surface area contributed by atoms with Crippen molar-refractivity contribution in [3.63, 3.8) is 0 Å². The zero-order chi connectivity index (χ0) is 12.7. The van der Waals surface area contributed by atoms with Crippen molar-refractivity contribution in [1.29, 1.82) is 0 Å². The van der Waals surface area contributed by atoms with Crippen molar-refractivity contribution in [2.24, 2.45) is 5.92 Å². The number of nitrogens with one attached hydrogen (secondary N) is 1. The van der Waals surface area contributed by atoms with E-state index in [0.29, 0.717) is 5.92 Å². The van der Waals surface area contributed by atoms with Gasteiger partial charge in [0.2, 0.25) is 5.91 Å². The number of anilines is 2. The van der Waals surface area contributed by atoms with Crippen LogP contribution < -0.4 is 11.1 Å². The molecule has 1 amide bonds. The third kappa shape index (κ3) is 1.86. The maximum Gasteiger partial charge on any atom is 0.232 e. The first kappa shape index (κ1) is 11.5. The van der Waals surface area contributed by atoms with Crippen molar-refractivity contribution in [3.8, 4) is 0 Å². The predicted molar refractivity (Wildman–Crippen MR) is 72.4 cm³/mol. The normalized spacial score (nSPS) is 24.9. The third-order valence-electron chi connectivity index (χ3n) is 4.19. The second kappa shape index (κ2) is 4.28. The Labute approximate surface area is 107 Å². The molecule has 1 atom stereocenters. The van der Waals surface area contributed by atoms with E-state index in [0.717, 1.165) is 42.9 Å². The summed E-state index contributed by atoms with van der Waals surface area (Å²) in [5, 5.41) is 2.98. The summed E-state index contributed by atoms with van der Waals surface area (Å²) in [5.74, 6) is 0.589. The second-order valence-electron chi connectivity index (χ2n) is 5.45. The van der Waals surface area contributed by atoms with Gasteiger partial charge in [0.25, 0.3) is 0 Å². The lowest BCUT2D eigenvalue weighted by Crippen LogP contribution is -2.34. The van der Waals surface area contributed by atoms with Gasteiger partial charge in [-0.1, -0.05) is 0 Å². The van der Waals surface area contributed by atoms with Crippen molar-refractivity contribution >= 4 is 17.3 Å². The zero-order valence-electron chi connectivity index (χ0n) is 10.6. The molecule has 3 N–H and O–H groups in total. The standard InChI is InChI=1S/C14H19N3O/c1-17-6-4-9(5-7-17)13-11-8-10(15)2-3-12(11)16-14(13)18/h2-3,8-9,13H,4-7,15H2,1H3,(H,16,18)/t13-/m1/s1. The Balaban J connectivity index is 1.89. The van der Waals surface area contributed by atoms with E-state index in [-0.39, 0.29) is 11.8 Å². The van der Waals surface area contributed by atoms with Gasteiger partial charge in [-0.25, -0.2) is 0 Å². The first-order valence-corrected chi connectivity index (χ1v) is 6.54. The Morgan fingerprint density at radius 2 is 2.06 bits per heavy atom. The monoisotopic (exact) mass is 245 g/mol.